The Morgan fingerprint density at radius 2 is 2.19 bits per heavy atom. The van der Waals surface area contributed by atoms with Crippen molar-refractivity contribution < 1.29 is 22.7 Å². The highest BCUT2D eigenvalue weighted by Gasteiger charge is 2.40. The average Bonchev–Trinajstić information content (AvgIpc) is 3.45. The molecule has 0 aromatic rings. The lowest BCUT2D eigenvalue weighted by atomic mass is 10.0. The number of allylic oxidation sites excluding steroid dienone is 3. The number of hydrogen-bond acceptors (Lipinski definition) is 6. The molecule has 3 aliphatic heterocycles. The maximum atomic E-state index is 13.2. The van der Waals surface area contributed by atoms with Gasteiger partial charge in [-0.2, -0.15) is 13.2 Å². The molecule has 0 aromatic heterocycles. The van der Waals surface area contributed by atoms with Crippen LogP contribution in [0.1, 0.15) is 6.92 Å². The van der Waals surface area contributed by atoms with Crippen molar-refractivity contribution in [3.05, 3.63) is 47.3 Å². The molecule has 142 valence electrons. The Balaban J connectivity index is 1.69. The van der Waals surface area contributed by atoms with Gasteiger partial charge >= 0.3 is 6.18 Å². The number of carbonyl (C=O) groups excluding carboxylic acids is 1. The van der Waals surface area contributed by atoms with Gasteiger partial charge in [-0.3, -0.25) is 4.79 Å². The van der Waals surface area contributed by atoms with Gasteiger partial charge in [-0.05, 0) is 25.2 Å². The fourth-order valence-corrected chi connectivity index (χ4v) is 2.64. The molecule has 4 atom stereocenters. The third-order valence-electron chi connectivity index (χ3n) is 4.22. The number of nitrogens with one attached hydrogen (secondary N) is 4. The van der Waals surface area contributed by atoms with Gasteiger partial charge in [0.1, 0.15) is 12.2 Å². The topological polar surface area (TPSA) is 87.3 Å². The Hall–Kier alpha value is -2.30. The van der Waals surface area contributed by atoms with Crippen LogP contribution in [0.5, 0.6) is 0 Å². The molecule has 26 heavy (non-hydrogen) atoms. The van der Waals surface area contributed by atoms with Crippen molar-refractivity contribution in [3.8, 4) is 0 Å². The highest BCUT2D eigenvalue weighted by molar-refractivity contribution is 5.82. The van der Waals surface area contributed by atoms with Gasteiger partial charge in [-0.25, -0.2) is 10.4 Å². The van der Waals surface area contributed by atoms with Gasteiger partial charge < -0.3 is 20.7 Å². The molecule has 3 unspecified atom stereocenters. The van der Waals surface area contributed by atoms with E-state index >= 15 is 0 Å². The lowest BCUT2D eigenvalue weighted by Crippen LogP contribution is -2.49. The maximum absolute atomic E-state index is 13.2. The lowest BCUT2D eigenvalue weighted by molar-refractivity contribution is -0.124. The first-order valence-electron chi connectivity index (χ1n) is 8.03. The Labute approximate surface area is 148 Å². The molecule has 10 heteroatoms. The van der Waals surface area contributed by atoms with Gasteiger partial charge in [0.25, 0.3) is 0 Å². The molecule has 0 radical (unpaired) electrons. The quantitative estimate of drug-likeness (QED) is 0.529. The van der Waals surface area contributed by atoms with Crippen LogP contribution in [0.2, 0.25) is 0 Å². The number of methoxy groups -OCH3 is 1. The Morgan fingerprint density at radius 1 is 1.46 bits per heavy atom. The minimum atomic E-state index is -4.52. The van der Waals surface area contributed by atoms with Crippen molar-refractivity contribution >= 4 is 5.91 Å². The second-order valence-electron chi connectivity index (χ2n) is 6.04. The number of ether oxygens (including phenoxy) is 1. The molecule has 3 heterocycles. The summed E-state index contributed by atoms with van der Waals surface area (Å²) in [6.07, 6.45) is 1.22. The van der Waals surface area contributed by atoms with Crippen LogP contribution in [0.15, 0.2) is 47.3 Å². The van der Waals surface area contributed by atoms with Crippen molar-refractivity contribution in [1.29, 1.82) is 0 Å². The second-order valence-corrected chi connectivity index (χ2v) is 6.04. The molecule has 1 fully saturated rings. The van der Waals surface area contributed by atoms with Gasteiger partial charge in [0.05, 0.1) is 12.2 Å². The molecule has 0 aliphatic carbocycles. The van der Waals surface area contributed by atoms with E-state index in [0.717, 1.165) is 6.08 Å². The molecule has 1 amide bonds. The molecule has 7 nitrogen and oxygen atoms in total. The van der Waals surface area contributed by atoms with Gasteiger partial charge in [-0.1, -0.05) is 6.08 Å². The molecule has 3 rings (SSSR count). The number of nitrogens with zero attached hydrogens (tertiary/aromatic N) is 1. The summed E-state index contributed by atoms with van der Waals surface area (Å²) >= 11 is 0. The first kappa shape index (κ1) is 18.5. The summed E-state index contributed by atoms with van der Waals surface area (Å²) in [6, 6.07) is -0.339. The van der Waals surface area contributed by atoms with E-state index < -0.39 is 24.1 Å². The van der Waals surface area contributed by atoms with E-state index in [2.05, 4.69) is 21.4 Å². The van der Waals surface area contributed by atoms with Crippen LogP contribution in [0, 0.1) is 0 Å². The SMILES string of the molecule is COC1NC=C(C2=CC=CC(NC(=O)[C@H](C)N3CN3)N2)C=C1C(F)(F)F. The molecular weight excluding hydrogens is 351 g/mol. The predicted molar refractivity (Wildman–Crippen MR) is 87.7 cm³/mol. The third-order valence-corrected chi connectivity index (χ3v) is 4.22. The predicted octanol–water partition coefficient (Wildman–Crippen LogP) is 0.587. The smallest absolute Gasteiger partial charge is 0.362 e. The fraction of sp³-hybridized carbons (Fsp3) is 0.438. The molecule has 0 aromatic carbocycles. The van der Waals surface area contributed by atoms with Crippen molar-refractivity contribution in [3.63, 3.8) is 0 Å². The van der Waals surface area contributed by atoms with Crippen LogP contribution in [-0.2, 0) is 9.53 Å². The van der Waals surface area contributed by atoms with Crippen LogP contribution in [0.4, 0.5) is 13.2 Å². The van der Waals surface area contributed by atoms with Crippen molar-refractivity contribution in [2.24, 2.45) is 0 Å². The number of rotatable bonds is 5. The first-order chi connectivity index (χ1) is 12.3. The number of carbonyl (C=O) groups is 1. The normalized spacial score (nSPS) is 28.8. The summed E-state index contributed by atoms with van der Waals surface area (Å²) in [5.41, 5.74) is 2.87. The minimum Gasteiger partial charge on any atom is -0.362 e. The zero-order valence-corrected chi connectivity index (χ0v) is 14.2. The summed E-state index contributed by atoms with van der Waals surface area (Å²) in [7, 11) is 1.20. The number of alkyl halides is 3. The largest absolute Gasteiger partial charge is 0.417 e. The van der Waals surface area contributed by atoms with Crippen LogP contribution < -0.4 is 21.4 Å². The summed E-state index contributed by atoms with van der Waals surface area (Å²) < 4.78 is 44.4. The van der Waals surface area contributed by atoms with Gasteiger partial charge in [0.2, 0.25) is 5.91 Å². The summed E-state index contributed by atoms with van der Waals surface area (Å²) in [4.78, 5) is 12.2. The van der Waals surface area contributed by atoms with E-state index in [1.807, 2.05) is 0 Å². The van der Waals surface area contributed by atoms with Crippen LogP contribution in [0.3, 0.4) is 0 Å². The molecule has 0 saturated carbocycles. The third kappa shape index (κ3) is 4.09. The zero-order valence-electron chi connectivity index (χ0n) is 14.2. The summed E-state index contributed by atoms with van der Waals surface area (Å²) in [5.74, 6) is -0.194. The van der Waals surface area contributed by atoms with E-state index in [1.165, 1.54) is 13.3 Å². The number of hydrogen-bond donors (Lipinski definition) is 4. The van der Waals surface area contributed by atoms with Crippen molar-refractivity contribution in [2.75, 3.05) is 13.8 Å². The maximum Gasteiger partial charge on any atom is 0.417 e. The van der Waals surface area contributed by atoms with Crippen molar-refractivity contribution in [1.82, 2.24) is 26.4 Å². The Kier molecular flexibility index (Phi) is 5.08. The molecule has 1 saturated heterocycles. The number of hydrazine groups is 1. The molecule has 3 aliphatic rings. The van der Waals surface area contributed by atoms with E-state index in [9.17, 15) is 18.0 Å². The van der Waals surface area contributed by atoms with Crippen molar-refractivity contribution in [2.45, 2.75) is 31.5 Å². The number of dihydropyridines is 2. The summed E-state index contributed by atoms with van der Waals surface area (Å²) in [6.45, 7) is 2.41. The summed E-state index contributed by atoms with van der Waals surface area (Å²) in [5, 5.41) is 10.2. The van der Waals surface area contributed by atoms with Crippen LogP contribution in [-0.4, -0.2) is 49.3 Å². The fourth-order valence-electron chi connectivity index (χ4n) is 2.64. The van der Waals surface area contributed by atoms with E-state index in [0.29, 0.717) is 17.9 Å². The average molecular weight is 371 g/mol. The van der Waals surface area contributed by atoms with Crippen LogP contribution in [0.25, 0.3) is 0 Å². The Morgan fingerprint density at radius 3 is 2.81 bits per heavy atom. The minimum absolute atomic E-state index is 0.194. The zero-order chi connectivity index (χ0) is 18.9. The van der Waals surface area contributed by atoms with Gasteiger partial charge in [0, 0.05) is 24.6 Å². The highest BCUT2D eigenvalue weighted by Crippen LogP contribution is 2.32. The lowest BCUT2D eigenvalue weighted by Gasteiger charge is -2.29. The highest BCUT2D eigenvalue weighted by atomic mass is 19.4. The molecular formula is C16H20F3N5O2. The van der Waals surface area contributed by atoms with E-state index in [4.69, 9.17) is 4.74 Å². The van der Waals surface area contributed by atoms with E-state index in [-0.39, 0.29) is 11.9 Å². The monoisotopic (exact) mass is 371 g/mol. The first-order valence-corrected chi connectivity index (χ1v) is 8.03. The standard InChI is InChI=1S/C16H20F3N5O2/c1-9(24-8-21-24)14(25)23-13-5-3-4-12(22-13)10-6-11(16(17,18)19)15(26-2)20-7-10/h3-7,9,13,15,20-22H,8H2,1-2H3,(H,23,25)/t9-,13?,15?,24?/m0/s1. The van der Waals surface area contributed by atoms with E-state index in [1.54, 1.807) is 30.2 Å². The molecule has 0 spiro atoms. The van der Waals surface area contributed by atoms with Crippen LogP contribution >= 0.6 is 0 Å². The second kappa shape index (κ2) is 7.14. The number of halogens is 3. The molecule has 0 bridgehead atoms. The number of amides is 1. The van der Waals surface area contributed by atoms with Gasteiger partial charge in [0.15, 0.2) is 6.23 Å². The Bertz CT molecular complexity index is 694. The van der Waals surface area contributed by atoms with Gasteiger partial charge in [-0.15, -0.1) is 0 Å². The molecule has 4 N–H and O–H groups in total.